The number of imidazole rings is 1. The van der Waals surface area contributed by atoms with Crippen molar-refractivity contribution in [3.8, 4) is 5.75 Å². The third kappa shape index (κ3) is 1.76. The molecule has 0 spiro atoms. The van der Waals surface area contributed by atoms with Crippen molar-refractivity contribution in [3.05, 3.63) is 53.5 Å². The van der Waals surface area contributed by atoms with Crippen LogP contribution in [0.4, 0.5) is 0 Å². The molecule has 0 amide bonds. The Morgan fingerprint density at radius 3 is 3.00 bits per heavy atom. The van der Waals surface area contributed by atoms with Crippen molar-refractivity contribution in [3.63, 3.8) is 0 Å². The van der Waals surface area contributed by atoms with Crippen LogP contribution in [0.3, 0.4) is 0 Å². The number of para-hydroxylation sites is 1. The predicted molar refractivity (Wildman–Crippen MR) is 77.0 cm³/mol. The van der Waals surface area contributed by atoms with Gasteiger partial charge in [0.25, 0.3) is 0 Å². The lowest BCUT2D eigenvalue weighted by Gasteiger charge is -2.24. The van der Waals surface area contributed by atoms with Gasteiger partial charge in [0, 0.05) is 17.2 Å². The molecule has 0 saturated carbocycles. The Kier molecular flexibility index (Phi) is 2.49. The summed E-state index contributed by atoms with van der Waals surface area (Å²) in [7, 11) is 0. The van der Waals surface area contributed by atoms with Gasteiger partial charge in [0.2, 0.25) is 0 Å². The third-order valence-electron chi connectivity index (χ3n) is 3.79. The zero-order valence-electron chi connectivity index (χ0n) is 11.3. The highest BCUT2D eigenvalue weighted by Crippen LogP contribution is 2.37. The number of H-pyrrole nitrogens is 1. The Balaban J connectivity index is 1.84. The smallest absolute Gasteiger partial charge is 0.177 e. The third-order valence-corrected chi connectivity index (χ3v) is 3.79. The van der Waals surface area contributed by atoms with Crippen LogP contribution in [0, 0.1) is 6.92 Å². The molecule has 1 unspecified atom stereocenters. The van der Waals surface area contributed by atoms with Gasteiger partial charge in [-0.2, -0.15) is 0 Å². The number of ether oxygens (including phenoxy) is 1. The summed E-state index contributed by atoms with van der Waals surface area (Å²) in [5, 5.41) is 0. The van der Waals surface area contributed by atoms with Crippen molar-refractivity contribution in [2.75, 3.05) is 6.61 Å². The van der Waals surface area contributed by atoms with Crippen LogP contribution in [0.15, 0.2) is 36.4 Å². The Labute approximate surface area is 116 Å². The number of nitrogens with one attached hydrogen (secondary N) is 1. The molecule has 1 aliphatic heterocycles. The summed E-state index contributed by atoms with van der Waals surface area (Å²) in [6, 6.07) is 12.2. The fourth-order valence-corrected chi connectivity index (χ4v) is 2.80. The number of pyridine rings is 1. The molecule has 0 bridgehead atoms. The van der Waals surface area contributed by atoms with E-state index in [1.807, 2.05) is 37.3 Å². The number of hydrogen-bond acceptors (Lipinski definition) is 3. The first-order valence-corrected chi connectivity index (χ1v) is 6.86. The van der Waals surface area contributed by atoms with Gasteiger partial charge in [-0.25, -0.2) is 9.97 Å². The monoisotopic (exact) mass is 265 g/mol. The maximum absolute atomic E-state index is 5.71. The molecular weight excluding hydrogens is 250 g/mol. The molecule has 0 aliphatic carbocycles. The molecule has 0 radical (unpaired) electrons. The van der Waals surface area contributed by atoms with E-state index >= 15 is 0 Å². The zero-order chi connectivity index (χ0) is 13.5. The van der Waals surface area contributed by atoms with Gasteiger partial charge in [0.15, 0.2) is 5.65 Å². The van der Waals surface area contributed by atoms with E-state index in [4.69, 9.17) is 4.74 Å². The summed E-state index contributed by atoms with van der Waals surface area (Å²) in [6.45, 7) is 2.71. The second kappa shape index (κ2) is 4.34. The van der Waals surface area contributed by atoms with Gasteiger partial charge in [0.05, 0.1) is 12.1 Å². The van der Waals surface area contributed by atoms with Crippen molar-refractivity contribution >= 4 is 11.2 Å². The van der Waals surface area contributed by atoms with E-state index in [-0.39, 0.29) is 5.92 Å². The lowest BCUT2D eigenvalue weighted by Crippen LogP contribution is -2.16. The Morgan fingerprint density at radius 1 is 1.15 bits per heavy atom. The van der Waals surface area contributed by atoms with Crippen LogP contribution in [0.25, 0.3) is 11.2 Å². The number of nitrogens with zero attached hydrogens (tertiary/aromatic N) is 2. The molecule has 0 saturated heterocycles. The minimum Gasteiger partial charge on any atom is -0.493 e. The number of benzene rings is 1. The average Bonchev–Trinajstić information content (AvgIpc) is 2.89. The van der Waals surface area contributed by atoms with Gasteiger partial charge in [-0.05, 0) is 31.5 Å². The highest BCUT2D eigenvalue weighted by atomic mass is 16.5. The lowest BCUT2D eigenvalue weighted by atomic mass is 9.92. The topological polar surface area (TPSA) is 50.8 Å². The minimum absolute atomic E-state index is 0.259. The predicted octanol–water partition coefficient (Wildman–Crippen LogP) is 3.18. The molecule has 20 heavy (non-hydrogen) atoms. The van der Waals surface area contributed by atoms with E-state index in [0.29, 0.717) is 0 Å². The van der Waals surface area contributed by atoms with E-state index in [1.54, 1.807) is 0 Å². The number of hydrogen-bond donors (Lipinski definition) is 1. The molecule has 3 heterocycles. The van der Waals surface area contributed by atoms with Gasteiger partial charge >= 0.3 is 0 Å². The summed E-state index contributed by atoms with van der Waals surface area (Å²) in [4.78, 5) is 12.6. The SMILES string of the molecule is Cc1ccc2[nH]c(C3CCOc4ccccc43)nc2n1. The van der Waals surface area contributed by atoms with Gasteiger partial charge in [-0.15, -0.1) is 0 Å². The van der Waals surface area contributed by atoms with Gasteiger partial charge in [0.1, 0.15) is 11.6 Å². The molecule has 3 aromatic rings. The largest absolute Gasteiger partial charge is 0.493 e. The maximum atomic E-state index is 5.71. The number of aryl methyl sites for hydroxylation is 1. The van der Waals surface area contributed by atoms with Gasteiger partial charge < -0.3 is 9.72 Å². The minimum atomic E-state index is 0.259. The van der Waals surface area contributed by atoms with Crippen molar-refractivity contribution in [1.82, 2.24) is 15.0 Å². The van der Waals surface area contributed by atoms with Crippen LogP contribution in [-0.2, 0) is 0 Å². The number of aromatic amines is 1. The molecule has 1 aromatic carbocycles. The molecule has 2 aromatic heterocycles. The Bertz CT molecular complexity index is 778. The summed E-state index contributed by atoms with van der Waals surface area (Å²) >= 11 is 0. The summed E-state index contributed by atoms with van der Waals surface area (Å²) < 4.78 is 5.71. The number of fused-ring (bicyclic) bond motifs is 2. The maximum Gasteiger partial charge on any atom is 0.177 e. The van der Waals surface area contributed by atoms with Crippen molar-refractivity contribution in [2.24, 2.45) is 0 Å². The van der Waals surface area contributed by atoms with Gasteiger partial charge in [-0.1, -0.05) is 18.2 Å². The molecule has 0 fully saturated rings. The molecule has 1 atom stereocenters. The standard InChI is InChI=1S/C16H15N3O/c1-10-6-7-13-16(17-10)19-15(18-13)12-8-9-20-14-5-3-2-4-11(12)14/h2-7,12H,8-9H2,1H3,(H,17,18,19). The molecule has 1 N–H and O–H groups in total. The summed E-state index contributed by atoms with van der Waals surface area (Å²) in [6.07, 6.45) is 0.940. The molecule has 1 aliphatic rings. The van der Waals surface area contributed by atoms with Crippen LogP contribution in [0.2, 0.25) is 0 Å². The zero-order valence-corrected chi connectivity index (χ0v) is 11.3. The van der Waals surface area contributed by atoms with Crippen LogP contribution < -0.4 is 4.74 Å². The van der Waals surface area contributed by atoms with E-state index in [9.17, 15) is 0 Å². The lowest BCUT2D eigenvalue weighted by molar-refractivity contribution is 0.275. The van der Waals surface area contributed by atoms with Gasteiger partial charge in [-0.3, -0.25) is 0 Å². The molecular formula is C16H15N3O. The summed E-state index contributed by atoms with van der Waals surface area (Å²) in [5.74, 6) is 2.21. The number of aromatic nitrogens is 3. The van der Waals surface area contributed by atoms with E-state index in [1.165, 1.54) is 5.56 Å². The fourth-order valence-electron chi connectivity index (χ4n) is 2.80. The Morgan fingerprint density at radius 2 is 2.05 bits per heavy atom. The second-order valence-electron chi connectivity index (χ2n) is 5.17. The quantitative estimate of drug-likeness (QED) is 0.735. The van der Waals surface area contributed by atoms with E-state index in [2.05, 4.69) is 21.0 Å². The van der Waals surface area contributed by atoms with Crippen molar-refractivity contribution in [1.29, 1.82) is 0 Å². The average molecular weight is 265 g/mol. The second-order valence-corrected chi connectivity index (χ2v) is 5.17. The van der Waals surface area contributed by atoms with Crippen LogP contribution >= 0.6 is 0 Å². The van der Waals surface area contributed by atoms with Crippen LogP contribution in [0.5, 0.6) is 5.75 Å². The molecule has 4 heteroatoms. The number of rotatable bonds is 1. The molecule has 4 nitrogen and oxygen atoms in total. The van der Waals surface area contributed by atoms with E-state index in [0.717, 1.165) is 41.5 Å². The normalized spacial score (nSPS) is 17.8. The summed E-state index contributed by atoms with van der Waals surface area (Å²) in [5.41, 5.74) is 3.98. The highest BCUT2D eigenvalue weighted by molar-refractivity contribution is 5.71. The van der Waals surface area contributed by atoms with Crippen LogP contribution in [0.1, 0.15) is 29.4 Å². The first-order chi connectivity index (χ1) is 9.81. The van der Waals surface area contributed by atoms with Crippen molar-refractivity contribution in [2.45, 2.75) is 19.3 Å². The first-order valence-electron chi connectivity index (χ1n) is 6.86. The van der Waals surface area contributed by atoms with Crippen LogP contribution in [-0.4, -0.2) is 21.6 Å². The highest BCUT2D eigenvalue weighted by Gasteiger charge is 2.25. The molecule has 100 valence electrons. The first kappa shape index (κ1) is 11.5. The Hall–Kier alpha value is -2.36. The van der Waals surface area contributed by atoms with Crippen molar-refractivity contribution < 1.29 is 4.74 Å². The molecule has 4 rings (SSSR count). The van der Waals surface area contributed by atoms with E-state index < -0.39 is 0 Å². The fraction of sp³-hybridized carbons (Fsp3) is 0.250.